The highest BCUT2D eigenvalue weighted by Gasteiger charge is 2.25. The van der Waals surface area contributed by atoms with Crippen LogP contribution in [0.25, 0.3) is 0 Å². The first-order valence-corrected chi connectivity index (χ1v) is 8.40. The van der Waals surface area contributed by atoms with Crippen LogP contribution in [0.2, 0.25) is 10.0 Å². The number of hydrogen-bond acceptors (Lipinski definition) is 2. The summed E-state index contributed by atoms with van der Waals surface area (Å²) in [7, 11) is 0. The molecule has 1 saturated heterocycles. The van der Waals surface area contributed by atoms with Crippen LogP contribution in [-0.2, 0) is 0 Å². The van der Waals surface area contributed by atoms with Crippen molar-refractivity contribution in [2.45, 2.75) is 0 Å². The van der Waals surface area contributed by atoms with Crippen LogP contribution in [0.4, 0.5) is 0 Å². The predicted molar refractivity (Wildman–Crippen MR) is 94.7 cm³/mol. The van der Waals surface area contributed by atoms with Gasteiger partial charge in [0.15, 0.2) is 0 Å². The highest BCUT2D eigenvalue weighted by Crippen LogP contribution is 2.16. The molecular weight excluding hydrogens is 347 g/mol. The lowest BCUT2D eigenvalue weighted by Crippen LogP contribution is -2.50. The largest absolute Gasteiger partial charge is 0.335 e. The number of carbonyl (C=O) groups is 2. The molecule has 0 aromatic heterocycles. The number of hydrogen-bond donors (Lipinski definition) is 0. The Morgan fingerprint density at radius 2 is 1.08 bits per heavy atom. The lowest BCUT2D eigenvalue weighted by Gasteiger charge is -2.35. The van der Waals surface area contributed by atoms with E-state index in [1.165, 1.54) is 0 Å². The van der Waals surface area contributed by atoms with Crippen molar-refractivity contribution in [3.05, 3.63) is 69.7 Å². The molecule has 1 aliphatic rings. The van der Waals surface area contributed by atoms with E-state index in [0.717, 1.165) is 0 Å². The number of nitrogens with zero attached hydrogens (tertiary/aromatic N) is 2. The zero-order chi connectivity index (χ0) is 17.1. The van der Waals surface area contributed by atoms with Crippen LogP contribution in [0.15, 0.2) is 48.5 Å². The summed E-state index contributed by atoms with van der Waals surface area (Å²) in [5.74, 6) is -0.125. The molecule has 0 radical (unpaired) electrons. The Morgan fingerprint density at radius 3 is 1.42 bits per heavy atom. The monoisotopic (exact) mass is 362 g/mol. The summed E-state index contributed by atoms with van der Waals surface area (Å²) in [6.45, 7) is 1.99. The molecular formula is C18H16Cl2N2O2. The average molecular weight is 363 g/mol. The molecule has 6 heteroatoms. The van der Waals surface area contributed by atoms with E-state index in [2.05, 4.69) is 0 Å². The maximum atomic E-state index is 12.5. The summed E-state index contributed by atoms with van der Waals surface area (Å²) >= 11 is 11.9. The van der Waals surface area contributed by atoms with E-state index < -0.39 is 0 Å². The first-order valence-electron chi connectivity index (χ1n) is 7.64. The molecule has 0 unspecified atom stereocenters. The van der Waals surface area contributed by atoms with Gasteiger partial charge in [-0.2, -0.15) is 0 Å². The highest BCUT2D eigenvalue weighted by atomic mass is 35.5. The lowest BCUT2D eigenvalue weighted by atomic mass is 10.1. The summed E-state index contributed by atoms with van der Waals surface area (Å²) < 4.78 is 0. The zero-order valence-electron chi connectivity index (χ0n) is 12.9. The van der Waals surface area contributed by atoms with Gasteiger partial charge in [-0.15, -0.1) is 0 Å². The number of piperazine rings is 1. The van der Waals surface area contributed by atoms with Crippen LogP contribution in [0.1, 0.15) is 20.7 Å². The van der Waals surface area contributed by atoms with Gasteiger partial charge in [0, 0.05) is 47.4 Å². The van der Waals surface area contributed by atoms with Gasteiger partial charge in [0.05, 0.1) is 0 Å². The molecule has 2 aromatic carbocycles. The molecule has 2 aromatic rings. The molecule has 1 heterocycles. The Kier molecular flexibility index (Phi) is 5.07. The minimum absolute atomic E-state index is 0.0626. The normalized spacial score (nSPS) is 14.6. The molecule has 0 saturated carbocycles. The van der Waals surface area contributed by atoms with Crippen LogP contribution in [0.5, 0.6) is 0 Å². The molecule has 2 amide bonds. The molecule has 24 heavy (non-hydrogen) atoms. The standard InChI is InChI=1S/C18H16Cl2N2O2/c19-15-5-1-3-13(11-15)17(23)21-7-9-22(10-8-21)18(24)14-4-2-6-16(20)12-14/h1-6,11-12H,7-10H2. The van der Waals surface area contributed by atoms with Crippen LogP contribution in [-0.4, -0.2) is 47.8 Å². The second-order valence-electron chi connectivity index (χ2n) is 5.61. The van der Waals surface area contributed by atoms with E-state index in [0.29, 0.717) is 47.4 Å². The molecule has 0 atom stereocenters. The smallest absolute Gasteiger partial charge is 0.254 e. The average Bonchev–Trinajstić information content (AvgIpc) is 2.60. The quantitative estimate of drug-likeness (QED) is 0.818. The van der Waals surface area contributed by atoms with Gasteiger partial charge in [-0.05, 0) is 36.4 Å². The summed E-state index contributed by atoms with van der Waals surface area (Å²) in [6, 6.07) is 13.8. The number of carbonyl (C=O) groups excluding carboxylic acids is 2. The topological polar surface area (TPSA) is 40.6 Å². The molecule has 0 aliphatic carbocycles. The Labute approximate surface area is 150 Å². The van der Waals surface area contributed by atoms with Crippen molar-refractivity contribution in [2.24, 2.45) is 0 Å². The van der Waals surface area contributed by atoms with Gasteiger partial charge < -0.3 is 9.80 Å². The minimum Gasteiger partial charge on any atom is -0.335 e. The molecule has 3 rings (SSSR count). The third kappa shape index (κ3) is 3.71. The molecule has 124 valence electrons. The molecule has 0 N–H and O–H groups in total. The SMILES string of the molecule is O=C(c1cccc(Cl)c1)N1CCN(C(=O)c2cccc(Cl)c2)CC1. The summed E-state index contributed by atoms with van der Waals surface area (Å²) in [5, 5.41) is 1.08. The third-order valence-corrected chi connectivity index (χ3v) is 4.47. The Bertz CT molecular complexity index is 706. The van der Waals surface area contributed by atoms with Gasteiger partial charge in [0.1, 0.15) is 0 Å². The van der Waals surface area contributed by atoms with Crippen molar-refractivity contribution in [3.63, 3.8) is 0 Å². The van der Waals surface area contributed by atoms with E-state index in [1.807, 2.05) is 0 Å². The van der Waals surface area contributed by atoms with Crippen molar-refractivity contribution in [2.75, 3.05) is 26.2 Å². The fourth-order valence-corrected chi connectivity index (χ4v) is 3.10. The van der Waals surface area contributed by atoms with Crippen LogP contribution in [0.3, 0.4) is 0 Å². The first kappa shape index (κ1) is 16.8. The van der Waals surface area contributed by atoms with Gasteiger partial charge in [0.2, 0.25) is 0 Å². The van der Waals surface area contributed by atoms with Gasteiger partial charge in [-0.3, -0.25) is 9.59 Å². The van der Waals surface area contributed by atoms with Crippen LogP contribution in [0, 0.1) is 0 Å². The van der Waals surface area contributed by atoms with Crippen LogP contribution < -0.4 is 0 Å². The molecule has 0 spiro atoms. The van der Waals surface area contributed by atoms with Crippen molar-refractivity contribution in [3.8, 4) is 0 Å². The maximum absolute atomic E-state index is 12.5. The Morgan fingerprint density at radius 1 is 0.708 bits per heavy atom. The molecule has 0 bridgehead atoms. The highest BCUT2D eigenvalue weighted by molar-refractivity contribution is 6.31. The van der Waals surface area contributed by atoms with Crippen molar-refractivity contribution >= 4 is 35.0 Å². The Balaban J connectivity index is 1.63. The summed E-state index contributed by atoms with van der Waals surface area (Å²) in [5.41, 5.74) is 1.13. The van der Waals surface area contributed by atoms with Gasteiger partial charge in [0.25, 0.3) is 11.8 Å². The number of benzene rings is 2. The summed E-state index contributed by atoms with van der Waals surface area (Å²) in [6.07, 6.45) is 0. The number of amides is 2. The number of halogens is 2. The van der Waals surface area contributed by atoms with Crippen molar-refractivity contribution in [1.29, 1.82) is 0 Å². The van der Waals surface area contributed by atoms with Crippen LogP contribution >= 0.6 is 23.2 Å². The van der Waals surface area contributed by atoms with E-state index in [4.69, 9.17) is 23.2 Å². The Hall–Kier alpha value is -2.04. The molecule has 4 nitrogen and oxygen atoms in total. The van der Waals surface area contributed by atoms with E-state index in [-0.39, 0.29) is 11.8 Å². The van der Waals surface area contributed by atoms with E-state index >= 15 is 0 Å². The number of rotatable bonds is 2. The first-order chi connectivity index (χ1) is 11.5. The van der Waals surface area contributed by atoms with Gasteiger partial charge >= 0.3 is 0 Å². The lowest BCUT2D eigenvalue weighted by molar-refractivity contribution is 0.0535. The summed E-state index contributed by atoms with van der Waals surface area (Å²) in [4.78, 5) is 28.5. The van der Waals surface area contributed by atoms with Gasteiger partial charge in [-0.25, -0.2) is 0 Å². The fraction of sp³-hybridized carbons (Fsp3) is 0.222. The van der Waals surface area contributed by atoms with E-state index in [1.54, 1.807) is 58.3 Å². The second kappa shape index (κ2) is 7.24. The van der Waals surface area contributed by atoms with Crippen molar-refractivity contribution < 1.29 is 9.59 Å². The second-order valence-corrected chi connectivity index (χ2v) is 6.48. The predicted octanol–water partition coefficient (Wildman–Crippen LogP) is 3.59. The minimum atomic E-state index is -0.0626. The van der Waals surface area contributed by atoms with Crippen molar-refractivity contribution in [1.82, 2.24) is 9.80 Å². The van der Waals surface area contributed by atoms with Gasteiger partial charge in [-0.1, -0.05) is 35.3 Å². The molecule has 1 fully saturated rings. The zero-order valence-corrected chi connectivity index (χ0v) is 14.4. The third-order valence-electron chi connectivity index (χ3n) is 4.00. The molecule has 1 aliphatic heterocycles. The fourth-order valence-electron chi connectivity index (χ4n) is 2.72. The maximum Gasteiger partial charge on any atom is 0.254 e. The van der Waals surface area contributed by atoms with E-state index in [9.17, 15) is 9.59 Å².